The molecule has 27 heavy (non-hydrogen) atoms. The van der Waals surface area contributed by atoms with Crippen molar-refractivity contribution in [3.63, 3.8) is 0 Å². The molecule has 0 spiro atoms. The number of benzene rings is 2. The molecular formula is C18H16N4O4S. The lowest BCUT2D eigenvalue weighted by atomic mass is 10.1. The summed E-state index contributed by atoms with van der Waals surface area (Å²) in [5, 5.41) is 21.8. The molecule has 0 aliphatic rings. The summed E-state index contributed by atoms with van der Waals surface area (Å²) >= 11 is 1.07. The lowest BCUT2D eigenvalue weighted by molar-refractivity contribution is -0.384. The molecule has 1 heterocycles. The molecule has 0 aliphatic heterocycles. The number of rotatable bonds is 6. The van der Waals surface area contributed by atoms with Crippen LogP contribution in [-0.4, -0.2) is 26.8 Å². The summed E-state index contributed by atoms with van der Waals surface area (Å²) in [6.07, 6.45) is 0. The van der Waals surface area contributed by atoms with Gasteiger partial charge < -0.3 is 9.73 Å². The fourth-order valence-corrected chi connectivity index (χ4v) is 2.95. The summed E-state index contributed by atoms with van der Waals surface area (Å²) in [4.78, 5) is 22.7. The molecule has 1 aromatic heterocycles. The van der Waals surface area contributed by atoms with E-state index in [0.29, 0.717) is 0 Å². The minimum atomic E-state index is -0.510. The Kier molecular flexibility index (Phi) is 5.51. The minimum absolute atomic E-state index is 0.0414. The molecular weight excluding hydrogens is 368 g/mol. The molecule has 8 nitrogen and oxygen atoms in total. The fourth-order valence-electron chi connectivity index (χ4n) is 2.39. The van der Waals surface area contributed by atoms with Crippen LogP contribution >= 0.6 is 11.8 Å². The first-order valence-electron chi connectivity index (χ1n) is 8.02. The van der Waals surface area contributed by atoms with Crippen LogP contribution in [0.5, 0.6) is 0 Å². The Morgan fingerprint density at radius 2 is 1.96 bits per heavy atom. The van der Waals surface area contributed by atoms with Gasteiger partial charge in [-0.25, -0.2) is 0 Å². The van der Waals surface area contributed by atoms with E-state index in [1.807, 2.05) is 32.0 Å². The van der Waals surface area contributed by atoms with E-state index in [9.17, 15) is 14.9 Å². The number of hydrogen-bond donors (Lipinski definition) is 1. The summed E-state index contributed by atoms with van der Waals surface area (Å²) in [6, 6.07) is 11.8. The second-order valence-electron chi connectivity index (χ2n) is 5.73. The van der Waals surface area contributed by atoms with Crippen molar-refractivity contribution < 1.29 is 14.1 Å². The number of amides is 1. The predicted octanol–water partition coefficient (Wildman–Crippen LogP) is 3.99. The average Bonchev–Trinajstić information content (AvgIpc) is 3.13. The lowest BCUT2D eigenvalue weighted by Gasteiger charge is -2.09. The van der Waals surface area contributed by atoms with Gasteiger partial charge in [-0.2, -0.15) is 0 Å². The summed E-state index contributed by atoms with van der Waals surface area (Å²) in [7, 11) is 0. The van der Waals surface area contributed by atoms with Crippen molar-refractivity contribution >= 4 is 29.0 Å². The first-order valence-corrected chi connectivity index (χ1v) is 9.00. The number of nitro groups is 1. The van der Waals surface area contributed by atoms with Crippen LogP contribution in [0.25, 0.3) is 11.5 Å². The maximum Gasteiger partial charge on any atom is 0.282 e. The van der Waals surface area contributed by atoms with Crippen molar-refractivity contribution in [2.45, 2.75) is 19.1 Å². The predicted molar refractivity (Wildman–Crippen MR) is 102 cm³/mol. The number of anilines is 1. The summed E-state index contributed by atoms with van der Waals surface area (Å²) in [6.45, 7) is 3.91. The van der Waals surface area contributed by atoms with Crippen molar-refractivity contribution in [1.29, 1.82) is 0 Å². The van der Waals surface area contributed by atoms with Crippen LogP contribution in [0, 0.1) is 24.0 Å². The van der Waals surface area contributed by atoms with E-state index in [1.165, 1.54) is 12.1 Å². The van der Waals surface area contributed by atoms with E-state index in [1.54, 1.807) is 12.1 Å². The first-order chi connectivity index (χ1) is 13.0. The molecule has 0 aliphatic carbocycles. The Morgan fingerprint density at radius 1 is 1.19 bits per heavy atom. The highest BCUT2D eigenvalue weighted by molar-refractivity contribution is 7.99. The second kappa shape index (κ2) is 8.00. The van der Waals surface area contributed by atoms with Gasteiger partial charge in [0.2, 0.25) is 5.91 Å². The van der Waals surface area contributed by atoms with Crippen LogP contribution < -0.4 is 5.32 Å². The molecule has 0 radical (unpaired) electrons. The van der Waals surface area contributed by atoms with Gasteiger partial charge in [0.25, 0.3) is 16.8 Å². The first kappa shape index (κ1) is 18.6. The molecule has 2 aromatic carbocycles. The maximum atomic E-state index is 12.2. The number of carbonyl (C=O) groups excluding carboxylic acids is 1. The van der Waals surface area contributed by atoms with Crippen LogP contribution in [0.3, 0.4) is 0 Å². The Balaban J connectivity index is 1.66. The van der Waals surface area contributed by atoms with Crippen molar-refractivity contribution in [1.82, 2.24) is 10.2 Å². The molecule has 3 rings (SSSR count). The Morgan fingerprint density at radius 3 is 2.74 bits per heavy atom. The van der Waals surface area contributed by atoms with E-state index in [2.05, 4.69) is 15.5 Å². The quantitative estimate of drug-likeness (QED) is 0.388. The molecule has 0 unspecified atom stereocenters. The molecule has 0 fully saturated rings. The average molecular weight is 384 g/mol. The molecule has 3 aromatic rings. The van der Waals surface area contributed by atoms with Crippen LogP contribution in [0.4, 0.5) is 11.4 Å². The standard InChI is InChI=1S/C18H16N4O4S/c1-11-6-5-8-14(12(11)2)19-16(23)10-27-18-21-20-17(26-18)13-7-3-4-9-15(13)22(24)25/h3-9H,10H2,1-2H3,(H,19,23). The van der Waals surface area contributed by atoms with E-state index in [4.69, 9.17) is 4.42 Å². The Hall–Kier alpha value is -3.20. The molecule has 0 bridgehead atoms. The zero-order valence-electron chi connectivity index (χ0n) is 14.6. The molecule has 0 atom stereocenters. The Labute approximate surface area is 159 Å². The molecule has 0 saturated carbocycles. The number of nitro benzene ring substituents is 1. The van der Waals surface area contributed by atoms with Gasteiger partial charge in [0.15, 0.2) is 0 Å². The van der Waals surface area contributed by atoms with Gasteiger partial charge in [-0.3, -0.25) is 14.9 Å². The van der Waals surface area contributed by atoms with E-state index >= 15 is 0 Å². The number of para-hydroxylation sites is 1. The van der Waals surface area contributed by atoms with Crippen LogP contribution in [-0.2, 0) is 4.79 Å². The van der Waals surface area contributed by atoms with Gasteiger partial charge in [0.05, 0.1) is 10.7 Å². The van der Waals surface area contributed by atoms with Gasteiger partial charge >= 0.3 is 0 Å². The number of thioether (sulfide) groups is 1. The summed E-state index contributed by atoms with van der Waals surface area (Å²) < 4.78 is 5.46. The molecule has 1 amide bonds. The number of aryl methyl sites for hydroxylation is 1. The van der Waals surface area contributed by atoms with Gasteiger partial charge in [-0.15, -0.1) is 10.2 Å². The minimum Gasteiger partial charge on any atom is -0.411 e. The maximum absolute atomic E-state index is 12.2. The fraction of sp³-hybridized carbons (Fsp3) is 0.167. The third kappa shape index (κ3) is 4.32. The highest BCUT2D eigenvalue weighted by Gasteiger charge is 2.20. The summed E-state index contributed by atoms with van der Waals surface area (Å²) in [5.41, 5.74) is 2.97. The number of nitrogens with zero attached hydrogens (tertiary/aromatic N) is 3. The smallest absolute Gasteiger partial charge is 0.282 e. The normalized spacial score (nSPS) is 10.6. The Bertz CT molecular complexity index is 1000. The van der Waals surface area contributed by atoms with Gasteiger partial charge in [-0.1, -0.05) is 36.0 Å². The topological polar surface area (TPSA) is 111 Å². The summed E-state index contributed by atoms with van der Waals surface area (Å²) in [5.74, 6) is -0.0924. The monoisotopic (exact) mass is 384 g/mol. The molecule has 9 heteroatoms. The highest BCUT2D eigenvalue weighted by Crippen LogP contribution is 2.30. The lowest BCUT2D eigenvalue weighted by Crippen LogP contribution is -2.15. The van der Waals surface area contributed by atoms with Crippen molar-refractivity contribution in [3.8, 4) is 11.5 Å². The van der Waals surface area contributed by atoms with Gasteiger partial charge in [-0.05, 0) is 37.1 Å². The van der Waals surface area contributed by atoms with Gasteiger partial charge in [0, 0.05) is 11.8 Å². The van der Waals surface area contributed by atoms with Crippen molar-refractivity contribution in [3.05, 3.63) is 63.7 Å². The van der Waals surface area contributed by atoms with Crippen LogP contribution in [0.15, 0.2) is 52.1 Å². The third-order valence-corrected chi connectivity index (χ3v) is 4.76. The third-order valence-electron chi connectivity index (χ3n) is 3.94. The molecule has 138 valence electrons. The van der Waals surface area contributed by atoms with E-state index < -0.39 is 4.92 Å². The number of aromatic nitrogens is 2. The van der Waals surface area contributed by atoms with Crippen molar-refractivity contribution in [2.75, 3.05) is 11.1 Å². The zero-order valence-corrected chi connectivity index (χ0v) is 15.4. The van der Waals surface area contributed by atoms with Gasteiger partial charge in [0.1, 0.15) is 5.56 Å². The number of carbonyl (C=O) groups is 1. The van der Waals surface area contributed by atoms with E-state index in [-0.39, 0.29) is 34.0 Å². The van der Waals surface area contributed by atoms with Crippen LogP contribution in [0.2, 0.25) is 0 Å². The molecule has 1 N–H and O–H groups in total. The highest BCUT2D eigenvalue weighted by atomic mass is 32.2. The van der Waals surface area contributed by atoms with Crippen LogP contribution in [0.1, 0.15) is 11.1 Å². The second-order valence-corrected chi connectivity index (χ2v) is 6.66. The number of hydrogen-bond acceptors (Lipinski definition) is 7. The number of nitrogens with one attached hydrogen (secondary N) is 1. The zero-order chi connectivity index (χ0) is 19.4. The largest absolute Gasteiger partial charge is 0.411 e. The van der Waals surface area contributed by atoms with E-state index in [0.717, 1.165) is 28.6 Å². The van der Waals surface area contributed by atoms with Crippen molar-refractivity contribution in [2.24, 2.45) is 0 Å². The molecule has 0 saturated heterocycles. The SMILES string of the molecule is Cc1cccc(NC(=O)CSc2nnc(-c3ccccc3[N+](=O)[O-])o2)c1C.